The normalized spacial score (nSPS) is 21.4. The van der Waals surface area contributed by atoms with E-state index < -0.39 is 0 Å². The van der Waals surface area contributed by atoms with Gasteiger partial charge in [0.2, 0.25) is 0 Å². The minimum Gasteiger partial charge on any atom is -0.206 e. The monoisotopic (exact) mass is 310 g/mol. The summed E-state index contributed by atoms with van der Waals surface area (Å²) in [6, 6.07) is 10.1. The number of benzene rings is 2. The lowest BCUT2D eigenvalue weighted by molar-refractivity contribution is 0.347. The van der Waals surface area contributed by atoms with Crippen LogP contribution >= 0.6 is 0 Å². The van der Waals surface area contributed by atoms with Crippen LogP contribution < -0.4 is 0 Å². The van der Waals surface area contributed by atoms with Crippen LogP contribution in [0.25, 0.3) is 11.1 Å². The van der Waals surface area contributed by atoms with E-state index in [9.17, 15) is 4.39 Å². The fourth-order valence-electron chi connectivity index (χ4n) is 3.80. The first-order valence-electron chi connectivity index (χ1n) is 8.83. The average molecular weight is 310 g/mol. The molecule has 0 amide bonds. The van der Waals surface area contributed by atoms with E-state index in [-0.39, 0.29) is 5.82 Å². The molecule has 122 valence electrons. The Bertz CT molecular complexity index is 683. The zero-order valence-electron chi connectivity index (χ0n) is 14.7. The molecule has 0 heterocycles. The quantitative estimate of drug-likeness (QED) is 0.578. The highest BCUT2D eigenvalue weighted by Crippen LogP contribution is 2.37. The zero-order chi connectivity index (χ0) is 16.6. The standard InChI is InChI=1S/C22H27F/c1-14-5-7-18(8-6-14)19-9-10-21(22(23)13-19)20-11-15(2)17(4)16(3)12-20/h9-14,18H,5-8H2,1-4H3. The summed E-state index contributed by atoms with van der Waals surface area (Å²) in [4.78, 5) is 0. The molecule has 0 bridgehead atoms. The van der Waals surface area contributed by atoms with Gasteiger partial charge < -0.3 is 0 Å². The van der Waals surface area contributed by atoms with Crippen molar-refractivity contribution in [1.82, 2.24) is 0 Å². The number of hydrogen-bond donors (Lipinski definition) is 0. The van der Waals surface area contributed by atoms with Crippen molar-refractivity contribution >= 4 is 0 Å². The summed E-state index contributed by atoms with van der Waals surface area (Å²) in [5, 5.41) is 0. The molecule has 1 heteroatoms. The van der Waals surface area contributed by atoms with Crippen molar-refractivity contribution in [2.75, 3.05) is 0 Å². The first-order chi connectivity index (χ1) is 11.0. The van der Waals surface area contributed by atoms with E-state index in [4.69, 9.17) is 0 Å². The second kappa shape index (κ2) is 6.47. The summed E-state index contributed by atoms with van der Waals surface area (Å²) in [7, 11) is 0. The van der Waals surface area contributed by atoms with Gasteiger partial charge in [-0.25, -0.2) is 4.39 Å². The third-order valence-electron chi connectivity index (χ3n) is 5.72. The molecular weight excluding hydrogens is 283 g/mol. The summed E-state index contributed by atoms with van der Waals surface area (Å²) < 4.78 is 14.7. The number of aryl methyl sites for hydroxylation is 2. The van der Waals surface area contributed by atoms with Crippen molar-refractivity contribution < 1.29 is 4.39 Å². The van der Waals surface area contributed by atoms with Crippen molar-refractivity contribution in [2.45, 2.75) is 59.3 Å². The van der Waals surface area contributed by atoms with E-state index in [0.29, 0.717) is 5.92 Å². The van der Waals surface area contributed by atoms with Crippen LogP contribution in [0.4, 0.5) is 4.39 Å². The highest BCUT2D eigenvalue weighted by atomic mass is 19.1. The fraction of sp³-hybridized carbons (Fsp3) is 0.455. The molecule has 0 aromatic heterocycles. The van der Waals surface area contributed by atoms with Crippen molar-refractivity contribution in [2.24, 2.45) is 5.92 Å². The zero-order valence-corrected chi connectivity index (χ0v) is 14.7. The van der Waals surface area contributed by atoms with Crippen LogP contribution in [0, 0.1) is 32.5 Å². The molecule has 0 nitrogen and oxygen atoms in total. The van der Waals surface area contributed by atoms with Gasteiger partial charge in [0.15, 0.2) is 0 Å². The van der Waals surface area contributed by atoms with Gasteiger partial charge in [-0.1, -0.05) is 44.0 Å². The molecule has 1 saturated carbocycles. The van der Waals surface area contributed by atoms with Crippen LogP contribution in [0.15, 0.2) is 30.3 Å². The highest BCUT2D eigenvalue weighted by Gasteiger charge is 2.20. The lowest BCUT2D eigenvalue weighted by atomic mass is 9.79. The van der Waals surface area contributed by atoms with Gasteiger partial charge in [0.1, 0.15) is 5.82 Å². The van der Waals surface area contributed by atoms with Crippen LogP contribution in [0.2, 0.25) is 0 Å². The molecule has 0 aliphatic heterocycles. The molecule has 0 atom stereocenters. The Morgan fingerprint density at radius 2 is 1.48 bits per heavy atom. The molecule has 0 spiro atoms. The number of hydrogen-bond acceptors (Lipinski definition) is 0. The van der Waals surface area contributed by atoms with Gasteiger partial charge in [-0.05, 0) is 79.3 Å². The van der Waals surface area contributed by atoms with E-state index in [1.165, 1.54) is 47.9 Å². The summed E-state index contributed by atoms with van der Waals surface area (Å²) in [6.07, 6.45) is 4.93. The van der Waals surface area contributed by atoms with E-state index in [0.717, 1.165) is 17.0 Å². The van der Waals surface area contributed by atoms with Crippen LogP contribution in [0.5, 0.6) is 0 Å². The van der Waals surface area contributed by atoms with Gasteiger partial charge in [-0.2, -0.15) is 0 Å². The van der Waals surface area contributed by atoms with Crippen LogP contribution in [0.1, 0.15) is 60.8 Å². The third-order valence-corrected chi connectivity index (χ3v) is 5.72. The molecule has 0 N–H and O–H groups in total. The molecule has 0 saturated heterocycles. The molecule has 1 aliphatic rings. The molecular formula is C22H27F. The lowest BCUT2D eigenvalue weighted by Gasteiger charge is -2.26. The van der Waals surface area contributed by atoms with E-state index in [1.54, 1.807) is 6.07 Å². The second-order valence-corrected chi connectivity index (χ2v) is 7.43. The SMILES string of the molecule is Cc1cc(-c2ccc(C3CCC(C)CC3)cc2F)cc(C)c1C. The third kappa shape index (κ3) is 3.34. The van der Waals surface area contributed by atoms with Crippen molar-refractivity contribution in [3.63, 3.8) is 0 Å². The maximum atomic E-state index is 14.7. The van der Waals surface area contributed by atoms with Crippen molar-refractivity contribution in [3.8, 4) is 11.1 Å². The lowest BCUT2D eigenvalue weighted by Crippen LogP contribution is -2.11. The van der Waals surface area contributed by atoms with E-state index in [1.807, 2.05) is 6.07 Å². The molecule has 1 aliphatic carbocycles. The topological polar surface area (TPSA) is 0 Å². The Morgan fingerprint density at radius 1 is 0.870 bits per heavy atom. The number of rotatable bonds is 2. The van der Waals surface area contributed by atoms with Crippen LogP contribution in [-0.2, 0) is 0 Å². The molecule has 0 unspecified atom stereocenters. The minimum absolute atomic E-state index is 0.0798. The van der Waals surface area contributed by atoms with Crippen LogP contribution in [0.3, 0.4) is 0 Å². The first kappa shape index (κ1) is 16.2. The molecule has 2 aromatic rings. The number of halogens is 1. The predicted molar refractivity (Wildman–Crippen MR) is 96.4 cm³/mol. The molecule has 1 fully saturated rings. The molecule has 0 radical (unpaired) electrons. The van der Waals surface area contributed by atoms with Gasteiger partial charge in [0.05, 0.1) is 0 Å². The molecule has 3 rings (SSSR count). The Hall–Kier alpha value is -1.63. The average Bonchev–Trinajstić information content (AvgIpc) is 2.53. The highest BCUT2D eigenvalue weighted by molar-refractivity contribution is 5.67. The van der Waals surface area contributed by atoms with Gasteiger partial charge in [-0.3, -0.25) is 0 Å². The van der Waals surface area contributed by atoms with Crippen molar-refractivity contribution in [3.05, 3.63) is 58.4 Å². The Labute approximate surface area is 139 Å². The first-order valence-corrected chi connectivity index (χ1v) is 8.83. The summed E-state index contributed by atoms with van der Waals surface area (Å²) in [5.41, 5.74) is 6.64. The smallest absolute Gasteiger partial charge is 0.131 e. The summed E-state index contributed by atoms with van der Waals surface area (Å²) >= 11 is 0. The largest absolute Gasteiger partial charge is 0.206 e. The van der Waals surface area contributed by atoms with Crippen LogP contribution in [-0.4, -0.2) is 0 Å². The minimum atomic E-state index is -0.0798. The van der Waals surface area contributed by atoms with E-state index >= 15 is 0 Å². The molecule has 2 aromatic carbocycles. The van der Waals surface area contributed by atoms with Crippen molar-refractivity contribution in [1.29, 1.82) is 0 Å². The second-order valence-electron chi connectivity index (χ2n) is 7.43. The van der Waals surface area contributed by atoms with E-state index in [2.05, 4.69) is 45.9 Å². The Balaban J connectivity index is 1.91. The van der Waals surface area contributed by atoms with Gasteiger partial charge in [0, 0.05) is 5.56 Å². The Morgan fingerprint density at radius 3 is 2.04 bits per heavy atom. The molecule has 23 heavy (non-hydrogen) atoms. The summed E-state index contributed by atoms with van der Waals surface area (Å²) in [5.74, 6) is 1.29. The maximum Gasteiger partial charge on any atom is 0.131 e. The van der Waals surface area contributed by atoms with Gasteiger partial charge in [0.25, 0.3) is 0 Å². The predicted octanol–water partition coefficient (Wildman–Crippen LogP) is 6.71. The maximum absolute atomic E-state index is 14.7. The summed E-state index contributed by atoms with van der Waals surface area (Å²) in [6.45, 7) is 8.64. The Kier molecular flexibility index (Phi) is 4.57. The van der Waals surface area contributed by atoms with Gasteiger partial charge in [-0.15, -0.1) is 0 Å². The van der Waals surface area contributed by atoms with Gasteiger partial charge >= 0.3 is 0 Å². The fourth-order valence-corrected chi connectivity index (χ4v) is 3.80.